The van der Waals surface area contributed by atoms with Crippen LogP contribution in [0, 0.1) is 17.8 Å². The van der Waals surface area contributed by atoms with Gasteiger partial charge in [0, 0.05) is 27.1 Å². The Morgan fingerprint density at radius 2 is 2.29 bits per heavy atom. The summed E-state index contributed by atoms with van der Waals surface area (Å²) in [6.07, 6.45) is 2.26. The van der Waals surface area contributed by atoms with Crippen molar-refractivity contribution >= 4 is 5.91 Å². The molecule has 4 nitrogen and oxygen atoms in total. The molecule has 1 aliphatic heterocycles. The maximum atomic E-state index is 10.9. The highest BCUT2D eigenvalue weighted by atomic mass is 16.3. The molecular formula is C13H22N2O2. The summed E-state index contributed by atoms with van der Waals surface area (Å²) in [5.74, 6) is 6.53. The second-order valence-corrected chi connectivity index (χ2v) is 4.65. The first-order valence-corrected chi connectivity index (χ1v) is 6.14. The SMILES string of the molecule is CC(=O)N(C)CC#CCN1CCC[C@@H](CO)C1. The number of likely N-dealkylation sites (tertiary alicyclic amines) is 1. The summed E-state index contributed by atoms with van der Waals surface area (Å²) in [5.41, 5.74) is 0. The number of carbonyl (C=O) groups excluding carboxylic acids is 1. The molecule has 96 valence electrons. The summed E-state index contributed by atoms with van der Waals surface area (Å²) in [6.45, 7) is 5.05. The van der Waals surface area contributed by atoms with Gasteiger partial charge in [-0.1, -0.05) is 11.8 Å². The zero-order valence-electron chi connectivity index (χ0n) is 10.8. The van der Waals surface area contributed by atoms with Crippen molar-refractivity contribution < 1.29 is 9.90 Å². The van der Waals surface area contributed by atoms with Crippen LogP contribution < -0.4 is 0 Å². The van der Waals surface area contributed by atoms with Crippen LogP contribution in [0.3, 0.4) is 0 Å². The lowest BCUT2D eigenvalue weighted by Gasteiger charge is -2.30. The fourth-order valence-corrected chi connectivity index (χ4v) is 1.90. The molecule has 0 spiro atoms. The highest BCUT2D eigenvalue weighted by molar-refractivity contribution is 5.73. The van der Waals surface area contributed by atoms with Gasteiger partial charge in [-0.2, -0.15) is 0 Å². The van der Waals surface area contributed by atoms with E-state index in [-0.39, 0.29) is 12.5 Å². The number of hydrogen-bond acceptors (Lipinski definition) is 3. The average molecular weight is 238 g/mol. The number of rotatable bonds is 3. The van der Waals surface area contributed by atoms with Crippen molar-refractivity contribution in [2.45, 2.75) is 19.8 Å². The lowest BCUT2D eigenvalue weighted by Crippen LogP contribution is -2.37. The molecule has 0 bridgehead atoms. The van der Waals surface area contributed by atoms with Crippen molar-refractivity contribution in [2.24, 2.45) is 5.92 Å². The van der Waals surface area contributed by atoms with E-state index < -0.39 is 0 Å². The molecule has 0 radical (unpaired) electrons. The number of hydrogen-bond donors (Lipinski definition) is 1. The van der Waals surface area contributed by atoms with E-state index in [1.165, 1.54) is 6.92 Å². The van der Waals surface area contributed by atoms with E-state index in [2.05, 4.69) is 16.7 Å². The summed E-state index contributed by atoms with van der Waals surface area (Å²) in [5, 5.41) is 9.11. The second kappa shape index (κ2) is 7.31. The first-order chi connectivity index (χ1) is 8.13. The van der Waals surface area contributed by atoms with E-state index in [9.17, 15) is 4.79 Å². The zero-order chi connectivity index (χ0) is 12.7. The third-order valence-corrected chi connectivity index (χ3v) is 3.14. The predicted octanol–water partition coefficient (Wildman–Crippen LogP) is 0.172. The molecule has 1 amide bonds. The van der Waals surface area contributed by atoms with E-state index in [1.807, 2.05) is 0 Å². The minimum Gasteiger partial charge on any atom is -0.396 e. The molecule has 1 atom stereocenters. The van der Waals surface area contributed by atoms with Crippen molar-refractivity contribution in [2.75, 3.05) is 39.8 Å². The van der Waals surface area contributed by atoms with Crippen LogP contribution in [0.2, 0.25) is 0 Å². The molecule has 0 aromatic carbocycles. The van der Waals surface area contributed by atoms with Crippen molar-refractivity contribution in [1.29, 1.82) is 0 Å². The molecule has 0 aromatic heterocycles. The van der Waals surface area contributed by atoms with Crippen molar-refractivity contribution in [3.05, 3.63) is 0 Å². The molecule has 4 heteroatoms. The number of aliphatic hydroxyl groups is 1. The average Bonchev–Trinajstić information content (AvgIpc) is 2.34. The van der Waals surface area contributed by atoms with E-state index in [0.717, 1.165) is 32.5 Å². The van der Waals surface area contributed by atoms with Crippen molar-refractivity contribution in [3.63, 3.8) is 0 Å². The van der Waals surface area contributed by atoms with Gasteiger partial charge in [0.05, 0.1) is 13.1 Å². The van der Waals surface area contributed by atoms with Gasteiger partial charge in [0.15, 0.2) is 0 Å². The third-order valence-electron chi connectivity index (χ3n) is 3.14. The maximum Gasteiger partial charge on any atom is 0.219 e. The lowest BCUT2D eigenvalue weighted by molar-refractivity contribution is -0.126. The molecule has 17 heavy (non-hydrogen) atoms. The molecule has 1 fully saturated rings. The summed E-state index contributed by atoms with van der Waals surface area (Å²) in [4.78, 5) is 14.8. The molecule has 0 aromatic rings. The molecule has 1 rings (SSSR count). The van der Waals surface area contributed by atoms with Crippen LogP contribution in [0.5, 0.6) is 0 Å². The molecule has 1 heterocycles. The lowest BCUT2D eigenvalue weighted by atomic mass is 9.99. The number of aliphatic hydroxyl groups excluding tert-OH is 1. The van der Waals surface area contributed by atoms with Crippen LogP contribution in [0.1, 0.15) is 19.8 Å². The first kappa shape index (κ1) is 14.0. The van der Waals surface area contributed by atoms with Crippen LogP contribution in [-0.2, 0) is 4.79 Å². The third kappa shape index (κ3) is 5.20. The highest BCUT2D eigenvalue weighted by Crippen LogP contribution is 2.14. The smallest absolute Gasteiger partial charge is 0.219 e. The van der Waals surface area contributed by atoms with Gasteiger partial charge in [-0.25, -0.2) is 0 Å². The topological polar surface area (TPSA) is 43.8 Å². The van der Waals surface area contributed by atoms with Gasteiger partial charge in [0.2, 0.25) is 5.91 Å². The fraction of sp³-hybridized carbons (Fsp3) is 0.769. The zero-order valence-corrected chi connectivity index (χ0v) is 10.8. The summed E-state index contributed by atoms with van der Waals surface area (Å²) < 4.78 is 0. The number of nitrogens with zero attached hydrogens (tertiary/aromatic N) is 2. The van der Waals surface area contributed by atoms with E-state index in [0.29, 0.717) is 12.5 Å². The van der Waals surface area contributed by atoms with Crippen LogP contribution in [-0.4, -0.2) is 60.6 Å². The van der Waals surface area contributed by atoms with E-state index >= 15 is 0 Å². The Balaban J connectivity index is 2.26. The fourth-order valence-electron chi connectivity index (χ4n) is 1.90. The Bertz CT molecular complexity index is 306. The normalized spacial score (nSPS) is 20.5. The Morgan fingerprint density at radius 1 is 1.53 bits per heavy atom. The van der Waals surface area contributed by atoms with Crippen LogP contribution >= 0.6 is 0 Å². The van der Waals surface area contributed by atoms with Gasteiger partial charge < -0.3 is 10.0 Å². The molecule has 0 saturated carbocycles. The molecule has 0 unspecified atom stereocenters. The van der Waals surface area contributed by atoms with Gasteiger partial charge in [0.1, 0.15) is 0 Å². The van der Waals surface area contributed by atoms with Crippen molar-refractivity contribution in [3.8, 4) is 11.8 Å². The van der Waals surface area contributed by atoms with Crippen molar-refractivity contribution in [1.82, 2.24) is 9.80 Å². The maximum absolute atomic E-state index is 10.9. The predicted molar refractivity (Wildman–Crippen MR) is 67.3 cm³/mol. The van der Waals surface area contributed by atoms with Gasteiger partial charge in [-0.05, 0) is 25.3 Å². The van der Waals surface area contributed by atoms with E-state index in [4.69, 9.17) is 5.11 Å². The van der Waals surface area contributed by atoms with Gasteiger partial charge in [0.25, 0.3) is 0 Å². The number of amides is 1. The molecular weight excluding hydrogens is 216 g/mol. The Kier molecular flexibility index (Phi) is 6.03. The molecule has 1 N–H and O–H groups in total. The van der Waals surface area contributed by atoms with Gasteiger partial charge >= 0.3 is 0 Å². The Morgan fingerprint density at radius 3 is 2.94 bits per heavy atom. The summed E-state index contributed by atoms with van der Waals surface area (Å²) >= 11 is 0. The number of piperidine rings is 1. The summed E-state index contributed by atoms with van der Waals surface area (Å²) in [6, 6.07) is 0. The monoisotopic (exact) mass is 238 g/mol. The Labute approximate surface area is 104 Å². The molecule has 0 aliphatic carbocycles. The first-order valence-electron chi connectivity index (χ1n) is 6.14. The quantitative estimate of drug-likeness (QED) is 0.713. The molecule has 1 saturated heterocycles. The Hall–Kier alpha value is -1.05. The van der Waals surface area contributed by atoms with Crippen LogP contribution in [0.25, 0.3) is 0 Å². The standard InChI is InChI=1S/C13H22N2O2/c1-12(17)14(2)7-3-4-8-15-9-5-6-13(10-15)11-16/h13,16H,5-11H2,1-2H3/t13-/m1/s1. The summed E-state index contributed by atoms with van der Waals surface area (Å²) in [7, 11) is 1.75. The minimum absolute atomic E-state index is 0.0395. The van der Waals surface area contributed by atoms with E-state index in [1.54, 1.807) is 11.9 Å². The van der Waals surface area contributed by atoms with Gasteiger partial charge in [-0.3, -0.25) is 9.69 Å². The number of carbonyl (C=O) groups is 1. The largest absolute Gasteiger partial charge is 0.396 e. The minimum atomic E-state index is 0.0395. The second-order valence-electron chi connectivity index (χ2n) is 4.65. The van der Waals surface area contributed by atoms with Crippen LogP contribution in [0.15, 0.2) is 0 Å². The van der Waals surface area contributed by atoms with Crippen LogP contribution in [0.4, 0.5) is 0 Å². The van der Waals surface area contributed by atoms with Gasteiger partial charge in [-0.15, -0.1) is 0 Å². The highest BCUT2D eigenvalue weighted by Gasteiger charge is 2.17. The molecule has 1 aliphatic rings.